The SMILES string of the molecule is CC(C)[C@H](OCc1ccccc1)[C@@H](C)CO. The molecule has 0 aliphatic heterocycles. The van der Waals surface area contributed by atoms with Gasteiger partial charge in [0, 0.05) is 12.5 Å². The number of aliphatic hydroxyl groups is 1. The molecule has 1 aromatic carbocycles. The highest BCUT2D eigenvalue weighted by Crippen LogP contribution is 2.18. The van der Waals surface area contributed by atoms with Gasteiger partial charge in [-0.3, -0.25) is 0 Å². The van der Waals surface area contributed by atoms with Crippen molar-refractivity contribution in [1.29, 1.82) is 0 Å². The molecule has 0 spiro atoms. The molecule has 2 atom stereocenters. The third-order valence-corrected chi connectivity index (χ3v) is 2.79. The molecule has 2 heteroatoms. The summed E-state index contributed by atoms with van der Waals surface area (Å²) in [5.41, 5.74) is 1.18. The van der Waals surface area contributed by atoms with Crippen molar-refractivity contribution in [2.24, 2.45) is 11.8 Å². The molecular formula is C14H22O2. The normalized spacial score (nSPS) is 15.1. The van der Waals surface area contributed by atoms with Crippen LogP contribution in [0.5, 0.6) is 0 Å². The van der Waals surface area contributed by atoms with Crippen molar-refractivity contribution >= 4 is 0 Å². The summed E-state index contributed by atoms with van der Waals surface area (Å²) in [4.78, 5) is 0. The summed E-state index contributed by atoms with van der Waals surface area (Å²) in [6.45, 7) is 7.07. The number of rotatable bonds is 6. The van der Waals surface area contributed by atoms with E-state index in [4.69, 9.17) is 4.74 Å². The van der Waals surface area contributed by atoms with Gasteiger partial charge in [-0.1, -0.05) is 51.1 Å². The highest BCUT2D eigenvalue weighted by Gasteiger charge is 2.20. The molecule has 0 heterocycles. The van der Waals surface area contributed by atoms with Gasteiger partial charge in [-0.25, -0.2) is 0 Å². The number of aliphatic hydroxyl groups excluding tert-OH is 1. The molecule has 0 aromatic heterocycles. The van der Waals surface area contributed by atoms with Gasteiger partial charge in [0.1, 0.15) is 0 Å². The lowest BCUT2D eigenvalue weighted by Crippen LogP contribution is -2.29. The summed E-state index contributed by atoms with van der Waals surface area (Å²) in [5.74, 6) is 0.606. The van der Waals surface area contributed by atoms with Crippen LogP contribution in [0.3, 0.4) is 0 Å². The van der Waals surface area contributed by atoms with Crippen molar-refractivity contribution < 1.29 is 9.84 Å². The van der Waals surface area contributed by atoms with Crippen LogP contribution in [0.2, 0.25) is 0 Å². The maximum absolute atomic E-state index is 9.17. The molecule has 0 aliphatic rings. The fraction of sp³-hybridized carbons (Fsp3) is 0.571. The number of ether oxygens (including phenoxy) is 1. The van der Waals surface area contributed by atoms with Gasteiger partial charge in [0.2, 0.25) is 0 Å². The molecule has 2 nitrogen and oxygen atoms in total. The summed E-state index contributed by atoms with van der Waals surface area (Å²) < 4.78 is 5.88. The van der Waals surface area contributed by atoms with Crippen LogP contribution in [0.1, 0.15) is 26.3 Å². The van der Waals surface area contributed by atoms with E-state index in [9.17, 15) is 5.11 Å². The molecule has 0 unspecified atom stereocenters. The summed E-state index contributed by atoms with van der Waals surface area (Å²) in [7, 11) is 0. The molecule has 90 valence electrons. The van der Waals surface area contributed by atoms with Crippen LogP contribution in [0, 0.1) is 11.8 Å². The molecule has 0 saturated carbocycles. The van der Waals surface area contributed by atoms with Crippen LogP contribution >= 0.6 is 0 Å². The van der Waals surface area contributed by atoms with Gasteiger partial charge >= 0.3 is 0 Å². The first-order chi connectivity index (χ1) is 7.65. The van der Waals surface area contributed by atoms with Crippen molar-refractivity contribution in [2.75, 3.05) is 6.61 Å². The van der Waals surface area contributed by atoms with Crippen LogP contribution in [0.25, 0.3) is 0 Å². The van der Waals surface area contributed by atoms with Crippen LogP contribution < -0.4 is 0 Å². The van der Waals surface area contributed by atoms with Crippen LogP contribution in [-0.2, 0) is 11.3 Å². The predicted octanol–water partition coefficient (Wildman–Crippen LogP) is 2.86. The molecule has 1 rings (SSSR count). The zero-order valence-electron chi connectivity index (χ0n) is 10.4. The van der Waals surface area contributed by atoms with Gasteiger partial charge in [-0.2, -0.15) is 0 Å². The number of hydrogen-bond donors (Lipinski definition) is 1. The first kappa shape index (κ1) is 13.2. The quantitative estimate of drug-likeness (QED) is 0.802. The maximum Gasteiger partial charge on any atom is 0.0720 e. The second-order valence-electron chi connectivity index (χ2n) is 4.67. The third-order valence-electron chi connectivity index (χ3n) is 2.79. The molecule has 1 aromatic rings. The lowest BCUT2D eigenvalue weighted by molar-refractivity contribution is -0.0372. The molecule has 0 aliphatic carbocycles. The van der Waals surface area contributed by atoms with Crippen molar-refractivity contribution in [3.05, 3.63) is 35.9 Å². The molecule has 0 radical (unpaired) electrons. The zero-order valence-corrected chi connectivity index (χ0v) is 10.4. The largest absolute Gasteiger partial charge is 0.396 e. The highest BCUT2D eigenvalue weighted by atomic mass is 16.5. The molecular weight excluding hydrogens is 200 g/mol. The topological polar surface area (TPSA) is 29.5 Å². The average Bonchev–Trinajstić information content (AvgIpc) is 2.30. The Morgan fingerprint density at radius 3 is 2.25 bits per heavy atom. The summed E-state index contributed by atoms with van der Waals surface area (Å²) in [6.07, 6.45) is 0.116. The fourth-order valence-corrected chi connectivity index (χ4v) is 1.88. The van der Waals surface area contributed by atoms with Gasteiger partial charge in [0.15, 0.2) is 0 Å². The molecule has 0 bridgehead atoms. The van der Waals surface area contributed by atoms with E-state index >= 15 is 0 Å². The van der Waals surface area contributed by atoms with Crippen LogP contribution in [-0.4, -0.2) is 17.8 Å². The smallest absolute Gasteiger partial charge is 0.0720 e. The Bertz CT molecular complexity index is 282. The van der Waals surface area contributed by atoms with Gasteiger partial charge in [0.25, 0.3) is 0 Å². The molecule has 0 fully saturated rings. The Labute approximate surface area is 98.3 Å². The van der Waals surface area contributed by atoms with Crippen molar-refractivity contribution in [1.82, 2.24) is 0 Å². The monoisotopic (exact) mass is 222 g/mol. The molecule has 1 N–H and O–H groups in total. The van der Waals surface area contributed by atoms with Gasteiger partial charge in [0.05, 0.1) is 12.7 Å². The third kappa shape index (κ3) is 3.95. The Hall–Kier alpha value is -0.860. The number of hydrogen-bond acceptors (Lipinski definition) is 2. The summed E-state index contributed by atoms with van der Waals surface area (Å²) >= 11 is 0. The Balaban J connectivity index is 2.50. The van der Waals surface area contributed by atoms with Gasteiger partial charge in [-0.05, 0) is 11.5 Å². The van der Waals surface area contributed by atoms with E-state index in [1.807, 2.05) is 25.1 Å². The zero-order chi connectivity index (χ0) is 12.0. The lowest BCUT2D eigenvalue weighted by atomic mass is 9.95. The number of benzene rings is 1. The van der Waals surface area contributed by atoms with E-state index in [1.54, 1.807) is 0 Å². The molecule has 0 amide bonds. The Kier molecular flexibility index (Phi) is 5.50. The fourth-order valence-electron chi connectivity index (χ4n) is 1.88. The Morgan fingerprint density at radius 1 is 1.12 bits per heavy atom. The highest BCUT2D eigenvalue weighted by molar-refractivity contribution is 5.13. The van der Waals surface area contributed by atoms with Crippen LogP contribution in [0.15, 0.2) is 30.3 Å². The van der Waals surface area contributed by atoms with Crippen molar-refractivity contribution in [3.8, 4) is 0 Å². The first-order valence-corrected chi connectivity index (χ1v) is 5.91. The second kappa shape index (κ2) is 6.66. The minimum Gasteiger partial charge on any atom is -0.396 e. The van der Waals surface area contributed by atoms with Crippen LogP contribution in [0.4, 0.5) is 0 Å². The van der Waals surface area contributed by atoms with E-state index in [2.05, 4.69) is 26.0 Å². The maximum atomic E-state index is 9.17. The summed E-state index contributed by atoms with van der Waals surface area (Å²) in [6, 6.07) is 10.1. The van der Waals surface area contributed by atoms with Gasteiger partial charge in [-0.15, -0.1) is 0 Å². The van der Waals surface area contributed by atoms with Crippen molar-refractivity contribution in [3.63, 3.8) is 0 Å². The van der Waals surface area contributed by atoms with E-state index < -0.39 is 0 Å². The lowest BCUT2D eigenvalue weighted by Gasteiger charge is -2.26. The minimum atomic E-state index is 0.116. The summed E-state index contributed by atoms with van der Waals surface area (Å²) in [5, 5.41) is 9.17. The van der Waals surface area contributed by atoms with Crippen molar-refractivity contribution in [2.45, 2.75) is 33.5 Å². The molecule has 16 heavy (non-hydrogen) atoms. The van der Waals surface area contributed by atoms with E-state index in [0.717, 1.165) is 0 Å². The van der Waals surface area contributed by atoms with E-state index in [1.165, 1.54) is 5.56 Å². The second-order valence-corrected chi connectivity index (χ2v) is 4.67. The first-order valence-electron chi connectivity index (χ1n) is 5.91. The Morgan fingerprint density at radius 2 is 1.75 bits per heavy atom. The minimum absolute atomic E-state index is 0.116. The molecule has 0 saturated heterocycles. The van der Waals surface area contributed by atoms with E-state index in [0.29, 0.717) is 12.5 Å². The predicted molar refractivity (Wildman–Crippen MR) is 66.1 cm³/mol. The van der Waals surface area contributed by atoms with Gasteiger partial charge < -0.3 is 9.84 Å². The average molecular weight is 222 g/mol. The van der Waals surface area contributed by atoms with E-state index in [-0.39, 0.29) is 18.6 Å². The standard InChI is InChI=1S/C14H22O2/c1-11(2)14(12(3)9-15)16-10-13-7-5-4-6-8-13/h4-8,11-12,14-15H,9-10H2,1-3H3/t12-,14-/m0/s1.